The van der Waals surface area contributed by atoms with E-state index in [0.717, 1.165) is 29.9 Å². The fourth-order valence-electron chi connectivity index (χ4n) is 2.34. The molecular formula is C12H15N5O2. The lowest BCUT2D eigenvalue weighted by molar-refractivity contribution is 0.121. The van der Waals surface area contributed by atoms with E-state index in [1.54, 1.807) is 11.2 Å². The van der Waals surface area contributed by atoms with Crippen molar-refractivity contribution in [2.75, 3.05) is 38.2 Å². The molecule has 0 atom stereocenters. The van der Waals surface area contributed by atoms with Gasteiger partial charge in [-0.25, -0.2) is 14.8 Å². The zero-order valence-electron chi connectivity index (χ0n) is 10.7. The molecule has 7 heteroatoms. The van der Waals surface area contributed by atoms with Gasteiger partial charge in [0.05, 0.1) is 12.5 Å². The molecule has 0 aliphatic carbocycles. The quantitative estimate of drug-likeness (QED) is 0.823. The molecule has 0 saturated carbocycles. The molecule has 0 aromatic carbocycles. The number of amides is 1. The minimum Gasteiger partial charge on any atom is -0.453 e. The van der Waals surface area contributed by atoms with Gasteiger partial charge in [-0.3, -0.25) is 0 Å². The molecule has 0 bridgehead atoms. The Balaban J connectivity index is 1.78. The van der Waals surface area contributed by atoms with E-state index in [0.29, 0.717) is 13.1 Å². The first-order chi connectivity index (χ1) is 9.29. The van der Waals surface area contributed by atoms with Gasteiger partial charge in [-0.2, -0.15) is 0 Å². The van der Waals surface area contributed by atoms with E-state index in [4.69, 9.17) is 4.74 Å². The van der Waals surface area contributed by atoms with Gasteiger partial charge in [-0.1, -0.05) is 0 Å². The minimum absolute atomic E-state index is 0.269. The van der Waals surface area contributed by atoms with E-state index in [2.05, 4.69) is 19.9 Å². The SMILES string of the molecule is COC(=O)N1CCN(c2ncnc3[nH]ccc23)CC1. The van der Waals surface area contributed by atoms with E-state index in [9.17, 15) is 4.79 Å². The average molecular weight is 261 g/mol. The van der Waals surface area contributed by atoms with Gasteiger partial charge < -0.3 is 19.5 Å². The second-order valence-corrected chi connectivity index (χ2v) is 4.38. The molecule has 7 nitrogen and oxygen atoms in total. The van der Waals surface area contributed by atoms with Crippen molar-refractivity contribution in [3.8, 4) is 0 Å². The molecule has 3 heterocycles. The lowest BCUT2D eigenvalue weighted by Crippen LogP contribution is -2.49. The largest absolute Gasteiger partial charge is 0.453 e. The molecule has 2 aromatic rings. The first-order valence-electron chi connectivity index (χ1n) is 6.15. The smallest absolute Gasteiger partial charge is 0.409 e. The Hall–Kier alpha value is -2.31. The predicted octanol–water partition coefficient (Wildman–Crippen LogP) is 0.846. The minimum atomic E-state index is -0.269. The number of aromatic amines is 1. The number of H-pyrrole nitrogens is 1. The van der Waals surface area contributed by atoms with E-state index < -0.39 is 0 Å². The fraction of sp³-hybridized carbons (Fsp3) is 0.417. The molecule has 1 saturated heterocycles. The number of carbonyl (C=O) groups excluding carboxylic acids is 1. The standard InChI is InChI=1S/C12H15N5O2/c1-19-12(18)17-6-4-16(5-7-17)11-9-2-3-13-10(9)14-8-15-11/h2-3,8H,4-7H2,1H3,(H,13,14,15). The number of hydrogen-bond acceptors (Lipinski definition) is 5. The Bertz CT molecular complexity index is 589. The molecule has 1 amide bonds. The zero-order chi connectivity index (χ0) is 13.2. The molecule has 0 unspecified atom stereocenters. The first-order valence-corrected chi connectivity index (χ1v) is 6.15. The van der Waals surface area contributed by atoms with Crippen LogP contribution < -0.4 is 4.90 Å². The summed E-state index contributed by atoms with van der Waals surface area (Å²) in [6.07, 6.45) is 3.14. The third kappa shape index (κ3) is 2.07. The number of rotatable bonds is 1. The van der Waals surface area contributed by atoms with Crippen molar-refractivity contribution < 1.29 is 9.53 Å². The number of ether oxygens (including phenoxy) is 1. The normalized spacial score (nSPS) is 15.8. The number of nitrogens with zero attached hydrogens (tertiary/aromatic N) is 4. The van der Waals surface area contributed by atoms with Gasteiger partial charge in [0.1, 0.15) is 17.8 Å². The Kier molecular flexibility index (Phi) is 2.94. The summed E-state index contributed by atoms with van der Waals surface area (Å²) in [5, 5.41) is 1.01. The van der Waals surface area contributed by atoms with Crippen LogP contribution in [0.4, 0.5) is 10.6 Å². The van der Waals surface area contributed by atoms with E-state index in [1.165, 1.54) is 7.11 Å². The summed E-state index contributed by atoms with van der Waals surface area (Å²) < 4.78 is 4.73. The number of hydrogen-bond donors (Lipinski definition) is 1. The number of anilines is 1. The number of aromatic nitrogens is 3. The van der Waals surface area contributed by atoms with Crippen LogP contribution in [0, 0.1) is 0 Å². The molecule has 1 N–H and O–H groups in total. The van der Waals surface area contributed by atoms with Gasteiger partial charge in [0.25, 0.3) is 0 Å². The first kappa shape index (κ1) is 11.8. The van der Waals surface area contributed by atoms with Crippen LogP contribution in [0.3, 0.4) is 0 Å². The third-order valence-corrected chi connectivity index (χ3v) is 3.34. The maximum atomic E-state index is 11.4. The van der Waals surface area contributed by atoms with Crippen LogP contribution in [0.1, 0.15) is 0 Å². The van der Waals surface area contributed by atoms with Gasteiger partial charge in [-0.15, -0.1) is 0 Å². The van der Waals surface area contributed by atoms with Gasteiger partial charge >= 0.3 is 6.09 Å². The number of methoxy groups -OCH3 is 1. The Morgan fingerprint density at radius 3 is 2.84 bits per heavy atom. The van der Waals surface area contributed by atoms with Crippen LogP contribution in [0.15, 0.2) is 18.6 Å². The molecule has 1 aliphatic rings. The van der Waals surface area contributed by atoms with Gasteiger partial charge in [0.15, 0.2) is 0 Å². The van der Waals surface area contributed by atoms with Crippen LogP contribution in [0.5, 0.6) is 0 Å². The second kappa shape index (κ2) is 4.75. The highest BCUT2D eigenvalue weighted by Gasteiger charge is 2.23. The van der Waals surface area contributed by atoms with E-state index in [-0.39, 0.29) is 6.09 Å². The lowest BCUT2D eigenvalue weighted by Gasteiger charge is -2.34. The molecule has 19 heavy (non-hydrogen) atoms. The maximum absolute atomic E-state index is 11.4. The number of nitrogens with one attached hydrogen (secondary N) is 1. The molecule has 0 radical (unpaired) electrons. The number of fused-ring (bicyclic) bond motifs is 1. The van der Waals surface area contributed by atoms with Crippen molar-refractivity contribution in [1.82, 2.24) is 19.9 Å². The molecule has 1 aliphatic heterocycles. The summed E-state index contributed by atoms with van der Waals surface area (Å²) in [6, 6.07) is 1.97. The summed E-state index contributed by atoms with van der Waals surface area (Å²) in [5.41, 5.74) is 0.834. The highest BCUT2D eigenvalue weighted by molar-refractivity contribution is 5.87. The highest BCUT2D eigenvalue weighted by atomic mass is 16.5. The molecule has 3 rings (SSSR count). The summed E-state index contributed by atoms with van der Waals surface area (Å²) in [6.45, 7) is 2.77. The number of carbonyl (C=O) groups is 1. The van der Waals surface area contributed by atoms with Crippen LogP contribution in [-0.2, 0) is 4.74 Å². The van der Waals surface area contributed by atoms with Crippen molar-refractivity contribution >= 4 is 22.9 Å². The van der Waals surface area contributed by atoms with Crippen LogP contribution >= 0.6 is 0 Å². The van der Waals surface area contributed by atoms with Crippen molar-refractivity contribution in [3.63, 3.8) is 0 Å². The molecule has 0 spiro atoms. The van der Waals surface area contributed by atoms with Crippen molar-refractivity contribution in [2.24, 2.45) is 0 Å². The zero-order valence-corrected chi connectivity index (χ0v) is 10.7. The highest BCUT2D eigenvalue weighted by Crippen LogP contribution is 2.22. The Labute approximate surface area is 110 Å². The summed E-state index contributed by atoms with van der Waals surface area (Å²) in [4.78, 5) is 26.9. The average Bonchev–Trinajstić information content (AvgIpc) is 2.95. The predicted molar refractivity (Wildman–Crippen MR) is 70.1 cm³/mol. The van der Waals surface area contributed by atoms with Crippen LogP contribution in [-0.4, -0.2) is 59.2 Å². The Morgan fingerprint density at radius 2 is 2.11 bits per heavy atom. The summed E-state index contributed by atoms with van der Waals surface area (Å²) >= 11 is 0. The van der Waals surface area contributed by atoms with Crippen molar-refractivity contribution in [1.29, 1.82) is 0 Å². The maximum Gasteiger partial charge on any atom is 0.409 e. The Morgan fingerprint density at radius 1 is 1.32 bits per heavy atom. The third-order valence-electron chi connectivity index (χ3n) is 3.34. The fourth-order valence-corrected chi connectivity index (χ4v) is 2.34. The molecule has 2 aromatic heterocycles. The lowest BCUT2D eigenvalue weighted by atomic mass is 10.3. The molecule has 100 valence electrons. The van der Waals surface area contributed by atoms with Crippen molar-refractivity contribution in [2.45, 2.75) is 0 Å². The number of piperazine rings is 1. The summed E-state index contributed by atoms with van der Waals surface area (Å²) in [5.74, 6) is 0.913. The topological polar surface area (TPSA) is 74.3 Å². The van der Waals surface area contributed by atoms with Gasteiger partial charge in [0, 0.05) is 32.4 Å². The molecule has 1 fully saturated rings. The monoisotopic (exact) mass is 261 g/mol. The second-order valence-electron chi connectivity index (χ2n) is 4.38. The van der Waals surface area contributed by atoms with Gasteiger partial charge in [0.2, 0.25) is 0 Å². The van der Waals surface area contributed by atoms with Gasteiger partial charge in [-0.05, 0) is 6.07 Å². The van der Waals surface area contributed by atoms with Crippen LogP contribution in [0.25, 0.3) is 11.0 Å². The van der Waals surface area contributed by atoms with E-state index >= 15 is 0 Å². The molecular weight excluding hydrogens is 246 g/mol. The van der Waals surface area contributed by atoms with E-state index in [1.807, 2.05) is 12.3 Å². The summed E-state index contributed by atoms with van der Waals surface area (Å²) in [7, 11) is 1.41. The van der Waals surface area contributed by atoms with Crippen LogP contribution in [0.2, 0.25) is 0 Å². The van der Waals surface area contributed by atoms with Crippen molar-refractivity contribution in [3.05, 3.63) is 18.6 Å².